The third kappa shape index (κ3) is 4.60. The molecule has 1 amide bonds. The van der Waals surface area contributed by atoms with Crippen LogP contribution in [0.25, 0.3) is 22.4 Å². The minimum atomic E-state index is -0.925. The second-order valence-corrected chi connectivity index (χ2v) is 6.48. The molecule has 9 heteroatoms. The third-order valence-electron chi connectivity index (χ3n) is 4.62. The zero-order chi connectivity index (χ0) is 18.1. The average molecular weight is 429 g/mol. The van der Waals surface area contributed by atoms with Crippen LogP contribution in [-0.2, 0) is 4.79 Å². The first-order chi connectivity index (χ1) is 12.6. The summed E-state index contributed by atoms with van der Waals surface area (Å²) in [6.07, 6.45) is 1.90. The van der Waals surface area contributed by atoms with E-state index in [9.17, 15) is 13.6 Å². The van der Waals surface area contributed by atoms with Gasteiger partial charge in [0.15, 0.2) is 11.6 Å². The normalized spacial score (nSPS) is 16.1. The topological polar surface area (TPSA) is 69.8 Å². The lowest BCUT2D eigenvalue weighted by Crippen LogP contribution is -2.37. The highest BCUT2D eigenvalue weighted by molar-refractivity contribution is 5.93. The van der Waals surface area contributed by atoms with E-state index in [0.717, 1.165) is 37.1 Å². The smallest absolute Gasteiger partial charge is 0.228 e. The van der Waals surface area contributed by atoms with Crippen molar-refractivity contribution in [2.75, 3.05) is 18.4 Å². The van der Waals surface area contributed by atoms with E-state index in [0.29, 0.717) is 29.1 Å². The number of nitrogens with one attached hydrogen (secondary N) is 3. The molecule has 150 valence electrons. The van der Waals surface area contributed by atoms with Crippen LogP contribution in [0.5, 0.6) is 0 Å². The highest BCUT2D eigenvalue weighted by Crippen LogP contribution is 2.24. The van der Waals surface area contributed by atoms with E-state index < -0.39 is 11.6 Å². The minimum absolute atomic E-state index is 0. The molecule has 5 nitrogen and oxygen atoms in total. The number of piperidine rings is 1. The van der Waals surface area contributed by atoms with Crippen molar-refractivity contribution in [2.24, 2.45) is 5.92 Å². The molecule has 1 saturated heterocycles. The highest BCUT2D eigenvalue weighted by Gasteiger charge is 2.20. The third-order valence-corrected chi connectivity index (χ3v) is 4.62. The standard InChI is InChI=1S/C19H18F2N4O.2ClH/c20-14-8-16-17(9-15(14)21)25-18(24-16)11-3-5-13(6-4-11)23-19(26)12-2-1-7-22-10-12;;/h3-6,8-9,12,22H,1-2,7,10H2,(H,23,26)(H,24,25);2*1H. The fourth-order valence-electron chi connectivity index (χ4n) is 3.17. The van der Waals surface area contributed by atoms with Crippen LogP contribution in [0, 0.1) is 17.6 Å². The Morgan fingerprint density at radius 2 is 1.82 bits per heavy atom. The molecular formula is C19H20Cl2F2N4O. The van der Waals surface area contributed by atoms with Crippen molar-refractivity contribution in [3.63, 3.8) is 0 Å². The first kappa shape index (κ1) is 22.1. The molecule has 1 atom stereocenters. The van der Waals surface area contributed by atoms with Crippen molar-refractivity contribution in [3.8, 4) is 11.4 Å². The maximum absolute atomic E-state index is 13.3. The Morgan fingerprint density at radius 3 is 2.50 bits per heavy atom. The molecule has 1 aliphatic heterocycles. The van der Waals surface area contributed by atoms with Crippen LogP contribution < -0.4 is 10.6 Å². The number of H-pyrrole nitrogens is 1. The van der Waals surface area contributed by atoms with E-state index in [1.165, 1.54) is 0 Å². The predicted octanol–water partition coefficient (Wildman–Crippen LogP) is 4.29. The number of nitrogens with zero attached hydrogens (tertiary/aromatic N) is 1. The Morgan fingerprint density at radius 1 is 1.11 bits per heavy atom. The van der Waals surface area contributed by atoms with Gasteiger partial charge in [-0.2, -0.15) is 0 Å². The van der Waals surface area contributed by atoms with Crippen LogP contribution in [-0.4, -0.2) is 29.0 Å². The van der Waals surface area contributed by atoms with E-state index in [2.05, 4.69) is 20.6 Å². The minimum Gasteiger partial charge on any atom is -0.338 e. The number of anilines is 1. The molecule has 1 unspecified atom stereocenters. The zero-order valence-electron chi connectivity index (χ0n) is 14.8. The number of halogens is 4. The number of aromatic amines is 1. The average Bonchev–Trinajstić information content (AvgIpc) is 3.06. The van der Waals surface area contributed by atoms with Gasteiger partial charge in [-0.05, 0) is 43.7 Å². The van der Waals surface area contributed by atoms with E-state index in [1.54, 1.807) is 24.3 Å². The van der Waals surface area contributed by atoms with Crippen LogP contribution >= 0.6 is 24.8 Å². The molecule has 2 heterocycles. The monoisotopic (exact) mass is 428 g/mol. The first-order valence-corrected chi connectivity index (χ1v) is 8.57. The van der Waals surface area contributed by atoms with E-state index in [1.807, 2.05) is 0 Å². The Balaban J connectivity index is 0.00000140. The van der Waals surface area contributed by atoms with Crippen molar-refractivity contribution < 1.29 is 13.6 Å². The summed E-state index contributed by atoms with van der Waals surface area (Å²) in [6.45, 7) is 1.67. The highest BCUT2D eigenvalue weighted by atomic mass is 35.5. The molecule has 3 aromatic rings. The predicted molar refractivity (Wildman–Crippen MR) is 110 cm³/mol. The van der Waals surface area contributed by atoms with E-state index in [-0.39, 0.29) is 36.6 Å². The van der Waals surface area contributed by atoms with Gasteiger partial charge < -0.3 is 15.6 Å². The summed E-state index contributed by atoms with van der Waals surface area (Å²) in [5.41, 5.74) is 2.26. The summed E-state index contributed by atoms with van der Waals surface area (Å²) in [6, 6.07) is 9.35. The number of imidazole rings is 1. The number of carbonyl (C=O) groups is 1. The Labute approximate surface area is 173 Å². The first-order valence-electron chi connectivity index (χ1n) is 8.57. The molecule has 0 spiro atoms. The molecule has 0 saturated carbocycles. The van der Waals surface area contributed by atoms with Gasteiger partial charge in [0, 0.05) is 29.9 Å². The van der Waals surface area contributed by atoms with Gasteiger partial charge in [-0.25, -0.2) is 13.8 Å². The molecule has 1 aliphatic rings. The van der Waals surface area contributed by atoms with Crippen molar-refractivity contribution in [1.29, 1.82) is 0 Å². The SMILES string of the molecule is Cl.Cl.O=C(Nc1ccc(-c2nc3cc(F)c(F)cc3[nH]2)cc1)C1CCCNC1. The summed E-state index contributed by atoms with van der Waals surface area (Å²) in [4.78, 5) is 19.5. The number of hydrogen-bond donors (Lipinski definition) is 3. The molecule has 2 aromatic carbocycles. The van der Waals surface area contributed by atoms with Gasteiger partial charge in [0.1, 0.15) is 5.82 Å². The van der Waals surface area contributed by atoms with Gasteiger partial charge in [0.05, 0.1) is 17.0 Å². The van der Waals surface area contributed by atoms with Crippen LogP contribution in [0.1, 0.15) is 12.8 Å². The second kappa shape index (κ2) is 9.32. The lowest BCUT2D eigenvalue weighted by atomic mass is 9.99. The van der Waals surface area contributed by atoms with E-state index >= 15 is 0 Å². The number of aromatic nitrogens is 2. The fraction of sp³-hybridized carbons (Fsp3) is 0.263. The van der Waals surface area contributed by atoms with Gasteiger partial charge in [0.25, 0.3) is 0 Å². The Kier molecular flexibility index (Phi) is 7.35. The molecule has 0 radical (unpaired) electrons. The lowest BCUT2D eigenvalue weighted by molar-refractivity contribution is -0.120. The number of benzene rings is 2. The number of amides is 1. The van der Waals surface area contributed by atoms with Gasteiger partial charge in [-0.1, -0.05) is 0 Å². The van der Waals surface area contributed by atoms with Gasteiger partial charge in [0.2, 0.25) is 5.91 Å². The molecule has 1 fully saturated rings. The van der Waals surface area contributed by atoms with Crippen molar-refractivity contribution in [3.05, 3.63) is 48.0 Å². The maximum atomic E-state index is 13.3. The number of fused-ring (bicyclic) bond motifs is 1. The van der Waals surface area contributed by atoms with E-state index in [4.69, 9.17) is 0 Å². The van der Waals surface area contributed by atoms with Crippen molar-refractivity contribution >= 4 is 47.4 Å². The second-order valence-electron chi connectivity index (χ2n) is 6.48. The molecule has 28 heavy (non-hydrogen) atoms. The van der Waals surface area contributed by atoms with Gasteiger partial charge >= 0.3 is 0 Å². The summed E-state index contributed by atoms with van der Waals surface area (Å²) < 4.78 is 26.6. The molecule has 0 aliphatic carbocycles. The summed E-state index contributed by atoms with van der Waals surface area (Å²) >= 11 is 0. The van der Waals surface area contributed by atoms with Crippen molar-refractivity contribution in [2.45, 2.75) is 12.8 Å². The Bertz CT molecular complexity index is 917. The molecule has 1 aromatic heterocycles. The zero-order valence-corrected chi connectivity index (χ0v) is 16.4. The molecule has 0 bridgehead atoms. The lowest BCUT2D eigenvalue weighted by Gasteiger charge is -2.21. The maximum Gasteiger partial charge on any atom is 0.228 e. The van der Waals surface area contributed by atoms with Crippen molar-refractivity contribution in [1.82, 2.24) is 15.3 Å². The summed E-state index contributed by atoms with van der Waals surface area (Å²) in [7, 11) is 0. The number of rotatable bonds is 3. The largest absolute Gasteiger partial charge is 0.338 e. The molecule has 4 rings (SSSR count). The van der Waals surface area contributed by atoms with Gasteiger partial charge in [-0.15, -0.1) is 24.8 Å². The van der Waals surface area contributed by atoms with Crippen LogP contribution in [0.3, 0.4) is 0 Å². The van der Waals surface area contributed by atoms with Crippen LogP contribution in [0.4, 0.5) is 14.5 Å². The van der Waals surface area contributed by atoms with Gasteiger partial charge in [-0.3, -0.25) is 4.79 Å². The number of hydrogen-bond acceptors (Lipinski definition) is 3. The Hall–Kier alpha value is -2.22. The summed E-state index contributed by atoms with van der Waals surface area (Å²) in [5, 5.41) is 6.15. The molecule has 3 N–H and O–H groups in total. The fourth-order valence-corrected chi connectivity index (χ4v) is 3.17. The van der Waals surface area contributed by atoms with Crippen LogP contribution in [0.15, 0.2) is 36.4 Å². The summed E-state index contributed by atoms with van der Waals surface area (Å²) in [5.74, 6) is -1.32. The molecular weight excluding hydrogens is 409 g/mol. The number of carbonyl (C=O) groups excluding carboxylic acids is 1. The quantitative estimate of drug-likeness (QED) is 0.582. The van der Waals surface area contributed by atoms with Crippen LogP contribution in [0.2, 0.25) is 0 Å².